The van der Waals surface area contributed by atoms with Crippen LogP contribution in [0, 0.1) is 6.92 Å². The van der Waals surface area contributed by atoms with Crippen molar-refractivity contribution in [2.45, 2.75) is 24.7 Å². The largest absolute Gasteiger partial charge is 0.482 e. The molecule has 0 unspecified atom stereocenters. The normalized spacial score (nSPS) is 13.8. The Morgan fingerprint density at radius 2 is 1.79 bits per heavy atom. The standard InChI is InChI=1S/C23H29N3O6S/c1-16-13-17(32-15-22(27)31-4)7-9-20(16)24-23(28)19-14-18(33(29,30)25(2)3)8-10-21(19)26-11-5-6-12-26/h7-10,13-14H,5-6,11-12,15H2,1-4H3,(H,24,28). The maximum absolute atomic E-state index is 13.3. The van der Waals surface area contributed by atoms with Crippen molar-refractivity contribution in [3.8, 4) is 5.75 Å². The maximum atomic E-state index is 13.3. The van der Waals surface area contributed by atoms with Crippen molar-refractivity contribution in [1.29, 1.82) is 0 Å². The Hall–Kier alpha value is -3.11. The first kappa shape index (κ1) is 24.5. The van der Waals surface area contributed by atoms with E-state index >= 15 is 0 Å². The van der Waals surface area contributed by atoms with Crippen LogP contribution in [0.15, 0.2) is 41.3 Å². The van der Waals surface area contributed by atoms with E-state index in [1.807, 2.05) is 0 Å². The fourth-order valence-electron chi connectivity index (χ4n) is 3.56. The average molecular weight is 476 g/mol. The Labute approximate surface area is 194 Å². The first-order valence-electron chi connectivity index (χ1n) is 10.6. The quantitative estimate of drug-likeness (QED) is 0.585. The van der Waals surface area contributed by atoms with Gasteiger partial charge >= 0.3 is 5.97 Å². The number of rotatable bonds is 8. The van der Waals surface area contributed by atoms with Crippen molar-refractivity contribution in [3.63, 3.8) is 0 Å². The molecule has 0 radical (unpaired) electrons. The van der Waals surface area contributed by atoms with Gasteiger partial charge < -0.3 is 19.7 Å². The summed E-state index contributed by atoms with van der Waals surface area (Å²) in [7, 11) is 0.498. The molecule has 9 nitrogen and oxygen atoms in total. The van der Waals surface area contributed by atoms with Crippen LogP contribution in [0.5, 0.6) is 5.75 Å². The summed E-state index contributed by atoms with van der Waals surface area (Å²) < 4.78 is 36.4. The van der Waals surface area contributed by atoms with Gasteiger partial charge in [-0.1, -0.05) is 0 Å². The zero-order chi connectivity index (χ0) is 24.2. The van der Waals surface area contributed by atoms with E-state index in [0.29, 0.717) is 22.7 Å². The van der Waals surface area contributed by atoms with Gasteiger partial charge in [-0.3, -0.25) is 4.79 Å². The second kappa shape index (κ2) is 10.2. The molecule has 1 fully saturated rings. The summed E-state index contributed by atoms with van der Waals surface area (Å²) in [6.45, 7) is 3.21. The van der Waals surface area contributed by atoms with Gasteiger partial charge in [-0.2, -0.15) is 0 Å². The van der Waals surface area contributed by atoms with Crippen molar-refractivity contribution < 1.29 is 27.5 Å². The number of amides is 1. The monoisotopic (exact) mass is 475 g/mol. The van der Waals surface area contributed by atoms with E-state index in [1.165, 1.54) is 27.3 Å². The Morgan fingerprint density at radius 1 is 1.09 bits per heavy atom. The van der Waals surface area contributed by atoms with Crippen LogP contribution in [0.4, 0.5) is 11.4 Å². The molecule has 0 bridgehead atoms. The fraction of sp³-hybridized carbons (Fsp3) is 0.391. The molecule has 0 aromatic heterocycles. The van der Waals surface area contributed by atoms with Gasteiger partial charge in [-0.15, -0.1) is 0 Å². The highest BCUT2D eigenvalue weighted by atomic mass is 32.2. The Kier molecular flexibility index (Phi) is 7.60. The molecule has 1 saturated heterocycles. The Balaban J connectivity index is 1.89. The van der Waals surface area contributed by atoms with Crippen LogP contribution in [-0.4, -0.2) is 65.5 Å². The van der Waals surface area contributed by atoms with E-state index < -0.39 is 21.9 Å². The minimum Gasteiger partial charge on any atom is -0.482 e. The van der Waals surface area contributed by atoms with Crippen molar-refractivity contribution in [2.24, 2.45) is 0 Å². The highest BCUT2D eigenvalue weighted by molar-refractivity contribution is 7.89. The van der Waals surface area contributed by atoms with Gasteiger partial charge in [-0.25, -0.2) is 17.5 Å². The molecule has 10 heteroatoms. The molecule has 1 N–H and O–H groups in total. The Bertz CT molecular complexity index is 1140. The smallest absolute Gasteiger partial charge is 0.343 e. The number of carbonyl (C=O) groups excluding carboxylic acids is 2. The SMILES string of the molecule is COC(=O)COc1ccc(NC(=O)c2cc(S(=O)(=O)N(C)C)ccc2N2CCCC2)c(C)c1. The molecule has 178 valence electrons. The number of ether oxygens (including phenoxy) is 2. The summed E-state index contributed by atoms with van der Waals surface area (Å²) in [5.74, 6) is -0.432. The lowest BCUT2D eigenvalue weighted by Crippen LogP contribution is -2.25. The molecule has 0 spiro atoms. The Morgan fingerprint density at radius 3 is 2.39 bits per heavy atom. The van der Waals surface area contributed by atoms with E-state index in [1.54, 1.807) is 37.3 Å². The second-order valence-electron chi connectivity index (χ2n) is 7.96. The molecule has 0 saturated carbocycles. The third kappa shape index (κ3) is 5.63. The van der Waals surface area contributed by atoms with Crippen LogP contribution in [0.25, 0.3) is 0 Å². The second-order valence-corrected chi connectivity index (χ2v) is 10.1. The van der Waals surface area contributed by atoms with Gasteiger partial charge in [0.05, 0.1) is 17.6 Å². The minimum atomic E-state index is -3.69. The molecule has 2 aromatic carbocycles. The number of anilines is 2. The molecule has 0 atom stereocenters. The van der Waals surface area contributed by atoms with Crippen molar-refractivity contribution in [3.05, 3.63) is 47.5 Å². The van der Waals surface area contributed by atoms with Gasteiger partial charge in [0.15, 0.2) is 6.61 Å². The van der Waals surface area contributed by atoms with Gasteiger partial charge in [-0.05, 0) is 61.7 Å². The summed E-state index contributed by atoms with van der Waals surface area (Å²) in [4.78, 5) is 26.7. The lowest BCUT2D eigenvalue weighted by Gasteiger charge is -2.22. The topological polar surface area (TPSA) is 105 Å². The zero-order valence-electron chi connectivity index (χ0n) is 19.3. The van der Waals surface area contributed by atoms with Gasteiger partial charge in [0.2, 0.25) is 10.0 Å². The lowest BCUT2D eigenvalue weighted by atomic mass is 10.1. The van der Waals surface area contributed by atoms with E-state index in [9.17, 15) is 18.0 Å². The first-order valence-corrected chi connectivity index (χ1v) is 12.0. The number of nitrogens with zero attached hydrogens (tertiary/aromatic N) is 2. The number of esters is 1. The fourth-order valence-corrected chi connectivity index (χ4v) is 4.49. The number of hydrogen-bond acceptors (Lipinski definition) is 7. The molecule has 1 aliphatic heterocycles. The van der Waals surface area contributed by atoms with Crippen molar-refractivity contribution in [2.75, 3.05) is 51.1 Å². The molecular weight excluding hydrogens is 446 g/mol. The third-order valence-corrected chi connectivity index (χ3v) is 7.28. The van der Waals surface area contributed by atoms with Gasteiger partial charge in [0.1, 0.15) is 5.75 Å². The molecule has 0 aliphatic carbocycles. The van der Waals surface area contributed by atoms with Crippen LogP contribution in [0.2, 0.25) is 0 Å². The van der Waals surface area contributed by atoms with E-state index in [4.69, 9.17) is 4.74 Å². The summed E-state index contributed by atoms with van der Waals surface area (Å²) in [6, 6.07) is 9.69. The van der Waals surface area contributed by atoms with E-state index in [0.717, 1.165) is 35.8 Å². The maximum Gasteiger partial charge on any atom is 0.343 e. The van der Waals surface area contributed by atoms with Gasteiger partial charge in [0, 0.05) is 38.6 Å². The minimum absolute atomic E-state index is 0.0591. The number of methoxy groups -OCH3 is 1. The number of nitrogens with one attached hydrogen (secondary N) is 1. The highest BCUT2D eigenvalue weighted by Gasteiger charge is 2.25. The summed E-state index contributed by atoms with van der Waals surface area (Å²) in [5, 5.41) is 2.88. The number of carbonyl (C=O) groups is 2. The van der Waals surface area contributed by atoms with Crippen LogP contribution in [0.1, 0.15) is 28.8 Å². The number of hydrogen-bond donors (Lipinski definition) is 1. The molecule has 33 heavy (non-hydrogen) atoms. The first-order chi connectivity index (χ1) is 15.6. The predicted octanol–water partition coefficient (Wildman–Crippen LogP) is 2.65. The number of benzene rings is 2. The molecular formula is C23H29N3O6S. The third-order valence-electron chi connectivity index (χ3n) is 5.47. The van der Waals surface area contributed by atoms with Crippen LogP contribution < -0.4 is 15.0 Å². The summed E-state index contributed by atoms with van der Waals surface area (Å²) >= 11 is 0. The molecule has 3 rings (SSSR count). The van der Waals surface area contributed by atoms with Crippen molar-refractivity contribution in [1.82, 2.24) is 4.31 Å². The van der Waals surface area contributed by atoms with Crippen molar-refractivity contribution >= 4 is 33.3 Å². The molecule has 2 aromatic rings. The zero-order valence-corrected chi connectivity index (χ0v) is 20.1. The van der Waals surface area contributed by atoms with Crippen LogP contribution >= 0.6 is 0 Å². The number of sulfonamides is 1. The van der Waals surface area contributed by atoms with E-state index in [2.05, 4.69) is 15.0 Å². The average Bonchev–Trinajstić information content (AvgIpc) is 3.33. The summed E-state index contributed by atoms with van der Waals surface area (Å²) in [6.07, 6.45) is 2.04. The lowest BCUT2D eigenvalue weighted by molar-refractivity contribution is -0.142. The summed E-state index contributed by atoms with van der Waals surface area (Å²) in [5.41, 5.74) is 2.28. The molecule has 1 heterocycles. The van der Waals surface area contributed by atoms with Gasteiger partial charge in [0.25, 0.3) is 5.91 Å². The van der Waals surface area contributed by atoms with Crippen LogP contribution in [0.3, 0.4) is 0 Å². The molecule has 1 aliphatic rings. The van der Waals surface area contributed by atoms with E-state index in [-0.39, 0.29) is 11.5 Å². The predicted molar refractivity (Wildman–Crippen MR) is 125 cm³/mol. The van der Waals surface area contributed by atoms with Crippen LogP contribution in [-0.2, 0) is 19.6 Å². The highest BCUT2D eigenvalue weighted by Crippen LogP contribution is 2.30. The number of aryl methyl sites for hydroxylation is 1. The molecule has 1 amide bonds.